The van der Waals surface area contributed by atoms with Gasteiger partial charge in [-0.3, -0.25) is 9.52 Å². The van der Waals surface area contributed by atoms with Crippen molar-refractivity contribution in [2.75, 3.05) is 38.1 Å². The fraction of sp³-hybridized carbons (Fsp3) is 0.630. The van der Waals surface area contributed by atoms with Gasteiger partial charge in [0, 0.05) is 31.3 Å². The number of rotatable bonds is 7. The van der Waals surface area contributed by atoms with E-state index in [1.54, 1.807) is 30.9 Å². The van der Waals surface area contributed by atoms with Gasteiger partial charge in [-0.05, 0) is 72.2 Å². The monoisotopic (exact) mass is 566 g/mol. The lowest BCUT2D eigenvalue weighted by atomic mass is 10.0. The molecule has 0 radical (unpaired) electrons. The maximum Gasteiger partial charge on any atom is 0.267 e. The summed E-state index contributed by atoms with van der Waals surface area (Å²) in [6.45, 7) is 10.1. The first-order valence-corrected chi connectivity index (χ1v) is 14.9. The van der Waals surface area contributed by atoms with Crippen molar-refractivity contribution in [3.63, 3.8) is 0 Å². The van der Waals surface area contributed by atoms with E-state index in [9.17, 15) is 18.3 Å². The van der Waals surface area contributed by atoms with Gasteiger partial charge < -0.3 is 29.3 Å². The third-order valence-corrected chi connectivity index (χ3v) is 8.57. The van der Waals surface area contributed by atoms with Crippen LogP contribution in [0.15, 0.2) is 27.6 Å². The first-order valence-electron chi connectivity index (χ1n) is 13.4. The Morgan fingerprint density at radius 2 is 1.97 bits per heavy atom. The van der Waals surface area contributed by atoms with Crippen LogP contribution in [-0.4, -0.2) is 81.1 Å². The summed E-state index contributed by atoms with van der Waals surface area (Å²) in [6, 6.07) is 4.17. The Kier molecular flexibility index (Phi) is 10.8. The predicted molar refractivity (Wildman–Crippen MR) is 148 cm³/mol. The van der Waals surface area contributed by atoms with Crippen LogP contribution < -0.4 is 14.8 Å². The Bertz CT molecular complexity index is 1200. The molecule has 0 saturated heterocycles. The van der Waals surface area contributed by atoms with Crippen LogP contribution in [0.25, 0.3) is 0 Å². The molecule has 2 heterocycles. The maximum atomic E-state index is 14.1. The number of nitrogens with zero attached hydrogens (tertiary/aromatic N) is 2. The van der Waals surface area contributed by atoms with Crippen LogP contribution in [0.4, 0.5) is 5.69 Å². The molecule has 1 aromatic heterocycles. The molecule has 218 valence electrons. The Balaban J connectivity index is 2.04. The molecule has 0 spiro atoms. The summed E-state index contributed by atoms with van der Waals surface area (Å²) in [5.41, 5.74) is 0.638. The zero-order valence-corrected chi connectivity index (χ0v) is 24.5. The number of carbonyl (C=O) groups excluding carboxylic acids is 1. The van der Waals surface area contributed by atoms with Crippen LogP contribution >= 0.6 is 0 Å². The van der Waals surface area contributed by atoms with E-state index in [1.807, 2.05) is 20.9 Å². The number of hydrogen-bond donors (Lipinski definition) is 3. The molecule has 0 unspecified atom stereocenters. The molecule has 1 amide bonds. The fourth-order valence-corrected chi connectivity index (χ4v) is 6.12. The number of fused-ring (bicyclic) bond motifs is 1. The molecule has 11 nitrogen and oxygen atoms in total. The molecule has 3 rings (SSSR count). The lowest BCUT2D eigenvalue weighted by Gasteiger charge is -2.34. The highest BCUT2D eigenvalue weighted by Gasteiger charge is 2.30. The predicted octanol–water partition coefficient (Wildman–Crippen LogP) is 3.11. The zero-order valence-electron chi connectivity index (χ0n) is 23.7. The number of amides is 1. The summed E-state index contributed by atoms with van der Waals surface area (Å²) < 4.78 is 46.3. The summed E-state index contributed by atoms with van der Waals surface area (Å²) in [4.78, 5) is 15.6. The van der Waals surface area contributed by atoms with Crippen LogP contribution in [-0.2, 0) is 14.8 Å². The summed E-state index contributed by atoms with van der Waals surface area (Å²) in [7, 11) is -2.17. The summed E-state index contributed by atoms with van der Waals surface area (Å²) in [5, 5.41) is 16.9. The van der Waals surface area contributed by atoms with Crippen LogP contribution in [0.3, 0.4) is 0 Å². The second-order valence-corrected chi connectivity index (χ2v) is 11.9. The van der Waals surface area contributed by atoms with Crippen molar-refractivity contribution < 1.29 is 32.3 Å². The fourth-order valence-electron chi connectivity index (χ4n) is 4.74. The van der Waals surface area contributed by atoms with Crippen molar-refractivity contribution >= 4 is 21.6 Å². The molecule has 39 heavy (non-hydrogen) atoms. The van der Waals surface area contributed by atoms with E-state index in [1.165, 1.54) is 13.0 Å². The zero-order chi connectivity index (χ0) is 28.7. The van der Waals surface area contributed by atoms with Crippen LogP contribution in [0, 0.1) is 19.8 Å². The van der Waals surface area contributed by atoms with Gasteiger partial charge >= 0.3 is 0 Å². The number of likely N-dealkylation sites (N-methyl/N-ethyl adjacent to an activating group) is 1. The van der Waals surface area contributed by atoms with Gasteiger partial charge in [-0.2, -0.15) is 0 Å². The molecule has 0 fully saturated rings. The van der Waals surface area contributed by atoms with Crippen molar-refractivity contribution in [1.29, 1.82) is 0 Å². The van der Waals surface area contributed by atoms with E-state index in [2.05, 4.69) is 15.2 Å². The molecule has 0 aliphatic carbocycles. The Labute approximate surface area is 231 Å². The number of carbonyl (C=O) groups is 1. The molecule has 3 N–H and O–H groups in total. The van der Waals surface area contributed by atoms with E-state index >= 15 is 0 Å². The minimum atomic E-state index is -4.03. The summed E-state index contributed by atoms with van der Waals surface area (Å²) >= 11 is 0. The van der Waals surface area contributed by atoms with E-state index in [0.717, 1.165) is 19.3 Å². The van der Waals surface area contributed by atoms with Gasteiger partial charge in [0.05, 0.1) is 30.4 Å². The van der Waals surface area contributed by atoms with Gasteiger partial charge in [-0.1, -0.05) is 12.1 Å². The average molecular weight is 567 g/mol. The van der Waals surface area contributed by atoms with Gasteiger partial charge in [-0.15, -0.1) is 0 Å². The Morgan fingerprint density at radius 1 is 1.23 bits per heavy atom. The van der Waals surface area contributed by atoms with Crippen LogP contribution in [0.5, 0.6) is 5.75 Å². The van der Waals surface area contributed by atoms with E-state index in [-0.39, 0.29) is 58.2 Å². The molecular weight excluding hydrogens is 524 g/mol. The highest BCUT2D eigenvalue weighted by Crippen LogP contribution is 2.30. The minimum absolute atomic E-state index is 0.0390. The summed E-state index contributed by atoms with van der Waals surface area (Å²) in [5.74, 6) is 0.115. The van der Waals surface area contributed by atoms with Gasteiger partial charge in [0.1, 0.15) is 11.4 Å². The van der Waals surface area contributed by atoms with Crippen molar-refractivity contribution in [2.24, 2.45) is 5.92 Å². The standard InChI is InChI=1S/C27H42N4O7S/c1-17-15-31(18(2)16-32)27(33)23-13-22(30-39(34,35)26-20(4)29-38-21(26)5)10-11-24(23)37-19(3)9-7-8-12-36-25(17)14-28-6/h10-11,13,17-19,25,28,30,32H,7-9,12,14-16H2,1-6H3/t17-,18+,19+,25+/m1/s1. The van der Waals surface area contributed by atoms with Crippen molar-refractivity contribution in [3.05, 3.63) is 35.2 Å². The number of benzene rings is 1. The number of aliphatic hydroxyl groups is 1. The molecule has 1 aromatic carbocycles. The van der Waals surface area contributed by atoms with Gasteiger partial charge in [0.2, 0.25) is 0 Å². The second kappa shape index (κ2) is 13.6. The number of aliphatic hydroxyl groups excluding tert-OH is 1. The lowest BCUT2D eigenvalue weighted by Crippen LogP contribution is -2.47. The number of aryl methyl sites for hydroxylation is 2. The van der Waals surface area contributed by atoms with E-state index < -0.39 is 16.1 Å². The maximum absolute atomic E-state index is 14.1. The number of aromatic nitrogens is 1. The van der Waals surface area contributed by atoms with Gasteiger partial charge in [0.15, 0.2) is 10.7 Å². The topological polar surface area (TPSA) is 143 Å². The number of anilines is 1. The third-order valence-electron chi connectivity index (χ3n) is 6.95. The molecule has 1 aliphatic heterocycles. The molecular formula is C27H42N4O7S. The Hall–Kier alpha value is -2.67. The first-order chi connectivity index (χ1) is 18.5. The number of nitrogens with one attached hydrogen (secondary N) is 2. The molecule has 2 aromatic rings. The molecule has 1 aliphatic rings. The van der Waals surface area contributed by atoms with Crippen molar-refractivity contribution in [1.82, 2.24) is 15.4 Å². The van der Waals surface area contributed by atoms with E-state index in [4.69, 9.17) is 14.0 Å². The smallest absolute Gasteiger partial charge is 0.267 e. The average Bonchev–Trinajstić information content (AvgIpc) is 3.24. The molecule has 0 bridgehead atoms. The number of hydrogen-bond acceptors (Lipinski definition) is 9. The Morgan fingerprint density at radius 3 is 2.62 bits per heavy atom. The normalized spacial score (nSPS) is 22.5. The highest BCUT2D eigenvalue weighted by atomic mass is 32.2. The van der Waals surface area contributed by atoms with Crippen LogP contribution in [0.2, 0.25) is 0 Å². The highest BCUT2D eigenvalue weighted by molar-refractivity contribution is 7.92. The summed E-state index contributed by atoms with van der Waals surface area (Å²) in [6.07, 6.45) is 2.24. The van der Waals surface area contributed by atoms with Crippen molar-refractivity contribution in [3.8, 4) is 5.75 Å². The third kappa shape index (κ3) is 7.71. The second-order valence-electron chi connectivity index (χ2n) is 10.3. The molecule has 0 saturated carbocycles. The van der Waals surface area contributed by atoms with Crippen LogP contribution in [0.1, 0.15) is 61.8 Å². The lowest BCUT2D eigenvalue weighted by molar-refractivity contribution is -0.000450. The number of ether oxygens (including phenoxy) is 2. The molecule has 12 heteroatoms. The van der Waals surface area contributed by atoms with Gasteiger partial charge in [0.25, 0.3) is 15.9 Å². The largest absolute Gasteiger partial charge is 0.490 e. The SMILES string of the molecule is CNC[C@@H]1OCCCC[C@H](C)Oc2ccc(NS(=O)(=O)c3c(C)noc3C)cc2C(=O)N([C@@H](C)CO)C[C@H]1C. The minimum Gasteiger partial charge on any atom is -0.490 e. The number of sulfonamides is 1. The van der Waals surface area contributed by atoms with E-state index in [0.29, 0.717) is 25.4 Å². The quantitative estimate of drug-likeness (QED) is 0.461. The molecule has 4 atom stereocenters. The van der Waals surface area contributed by atoms with Gasteiger partial charge in [-0.25, -0.2) is 8.42 Å². The van der Waals surface area contributed by atoms with Crippen molar-refractivity contribution in [2.45, 2.75) is 77.0 Å². The first kappa shape index (κ1) is 30.9.